The van der Waals surface area contributed by atoms with Crippen molar-refractivity contribution in [2.24, 2.45) is 17.8 Å². The molecule has 1 aromatic rings. The lowest BCUT2D eigenvalue weighted by atomic mass is 10.1. The second kappa shape index (κ2) is 5.86. The minimum absolute atomic E-state index is 0.353. The van der Waals surface area contributed by atoms with Crippen LogP contribution in [0.25, 0.3) is 0 Å². The summed E-state index contributed by atoms with van der Waals surface area (Å²) in [5.41, 5.74) is 0. The van der Waals surface area contributed by atoms with Gasteiger partial charge in [0, 0.05) is 23.9 Å². The summed E-state index contributed by atoms with van der Waals surface area (Å²) in [6.45, 7) is 2.58. The molecule has 1 aromatic heterocycles. The van der Waals surface area contributed by atoms with Gasteiger partial charge >= 0.3 is 0 Å². The van der Waals surface area contributed by atoms with Crippen LogP contribution in [0.4, 0.5) is 0 Å². The van der Waals surface area contributed by atoms with E-state index in [0.29, 0.717) is 23.7 Å². The first-order chi connectivity index (χ1) is 9.66. The van der Waals surface area contributed by atoms with Gasteiger partial charge in [-0.05, 0) is 50.2 Å². The molecule has 110 valence electrons. The van der Waals surface area contributed by atoms with Gasteiger partial charge in [-0.2, -0.15) is 0 Å². The highest BCUT2D eigenvalue weighted by Crippen LogP contribution is 2.58. The van der Waals surface area contributed by atoms with Crippen LogP contribution in [0, 0.1) is 17.8 Å². The molecule has 0 aromatic carbocycles. The first-order valence-electron chi connectivity index (χ1n) is 7.62. The largest absolute Gasteiger partial charge is 0.336 e. The molecule has 3 rings (SSSR count). The van der Waals surface area contributed by atoms with Gasteiger partial charge < -0.3 is 9.80 Å². The molecule has 0 unspecified atom stereocenters. The molecular formula is C16H24N2OS. The Morgan fingerprint density at radius 3 is 2.65 bits per heavy atom. The zero-order valence-electron chi connectivity index (χ0n) is 12.4. The molecule has 0 aliphatic heterocycles. The van der Waals surface area contributed by atoms with Crippen molar-refractivity contribution in [3.8, 4) is 0 Å². The predicted molar refractivity (Wildman–Crippen MR) is 82.6 cm³/mol. The van der Waals surface area contributed by atoms with Crippen molar-refractivity contribution in [3.05, 3.63) is 22.4 Å². The van der Waals surface area contributed by atoms with Crippen LogP contribution < -0.4 is 0 Å². The third kappa shape index (κ3) is 2.91. The second-order valence-electron chi connectivity index (χ2n) is 6.43. The average molecular weight is 292 g/mol. The van der Waals surface area contributed by atoms with Crippen LogP contribution in [0.3, 0.4) is 0 Å². The van der Waals surface area contributed by atoms with Gasteiger partial charge in [-0.15, -0.1) is 11.3 Å². The zero-order chi connectivity index (χ0) is 14.1. The van der Waals surface area contributed by atoms with Crippen LogP contribution in [-0.2, 0) is 11.3 Å². The van der Waals surface area contributed by atoms with Crippen LogP contribution in [0.1, 0.15) is 24.1 Å². The van der Waals surface area contributed by atoms with Crippen LogP contribution in [-0.4, -0.2) is 42.9 Å². The number of rotatable bonds is 6. The SMILES string of the molecule is CN(C)CCN(Cc1cccs1)C(=O)C1[C@@H]2CCC[C@@H]12. The molecular weight excluding hydrogens is 268 g/mol. The normalized spacial score (nSPS) is 27.6. The fourth-order valence-corrected chi connectivity index (χ4v) is 4.30. The molecule has 0 spiro atoms. The first-order valence-corrected chi connectivity index (χ1v) is 8.50. The molecule has 2 aliphatic carbocycles. The Bertz CT molecular complexity index is 447. The number of hydrogen-bond acceptors (Lipinski definition) is 3. The molecule has 0 N–H and O–H groups in total. The smallest absolute Gasteiger partial charge is 0.226 e. The van der Waals surface area contributed by atoms with Gasteiger partial charge in [-0.3, -0.25) is 4.79 Å². The van der Waals surface area contributed by atoms with Gasteiger partial charge in [0.2, 0.25) is 5.91 Å². The van der Waals surface area contributed by atoms with Gasteiger partial charge in [0.1, 0.15) is 0 Å². The van der Waals surface area contributed by atoms with E-state index in [2.05, 4.69) is 41.4 Å². The highest BCUT2D eigenvalue weighted by atomic mass is 32.1. The Morgan fingerprint density at radius 1 is 1.30 bits per heavy atom. The Morgan fingerprint density at radius 2 is 2.05 bits per heavy atom. The number of carbonyl (C=O) groups is 1. The minimum atomic E-state index is 0.353. The van der Waals surface area contributed by atoms with Crippen LogP contribution in [0.5, 0.6) is 0 Å². The number of thiophene rings is 1. The number of carbonyl (C=O) groups excluding carboxylic acids is 1. The molecule has 2 saturated carbocycles. The van der Waals surface area contributed by atoms with Crippen LogP contribution >= 0.6 is 11.3 Å². The predicted octanol–water partition coefficient (Wildman–Crippen LogP) is 2.68. The molecule has 2 atom stereocenters. The van der Waals surface area contributed by atoms with Crippen LogP contribution in [0.2, 0.25) is 0 Å². The Labute approximate surface area is 125 Å². The lowest BCUT2D eigenvalue weighted by Gasteiger charge is -2.25. The number of likely N-dealkylation sites (N-methyl/N-ethyl adjacent to an activating group) is 1. The summed E-state index contributed by atoms with van der Waals surface area (Å²) in [5.74, 6) is 2.20. The molecule has 20 heavy (non-hydrogen) atoms. The third-order valence-electron chi connectivity index (χ3n) is 4.75. The van der Waals surface area contributed by atoms with E-state index in [-0.39, 0.29) is 0 Å². The van der Waals surface area contributed by atoms with E-state index in [1.54, 1.807) is 11.3 Å². The quantitative estimate of drug-likeness (QED) is 0.805. The van der Waals surface area contributed by atoms with E-state index in [1.165, 1.54) is 24.1 Å². The average Bonchev–Trinajstić information content (AvgIpc) is 2.86. The molecule has 1 heterocycles. The van der Waals surface area contributed by atoms with E-state index in [0.717, 1.165) is 19.6 Å². The number of amides is 1. The van der Waals surface area contributed by atoms with Crippen molar-refractivity contribution < 1.29 is 4.79 Å². The fraction of sp³-hybridized carbons (Fsp3) is 0.688. The van der Waals surface area contributed by atoms with Gasteiger partial charge in [-0.25, -0.2) is 0 Å². The topological polar surface area (TPSA) is 23.6 Å². The lowest BCUT2D eigenvalue weighted by molar-refractivity contribution is -0.134. The van der Waals surface area contributed by atoms with Gasteiger partial charge in [0.15, 0.2) is 0 Å². The third-order valence-corrected chi connectivity index (χ3v) is 5.61. The summed E-state index contributed by atoms with van der Waals surface area (Å²) in [7, 11) is 4.14. The summed E-state index contributed by atoms with van der Waals surface area (Å²) in [5, 5.41) is 2.09. The summed E-state index contributed by atoms with van der Waals surface area (Å²) in [4.78, 5) is 18.3. The molecule has 0 bridgehead atoms. The van der Waals surface area contributed by atoms with Gasteiger partial charge in [0.25, 0.3) is 0 Å². The summed E-state index contributed by atoms with van der Waals surface area (Å²) >= 11 is 1.75. The number of fused-ring (bicyclic) bond motifs is 1. The molecule has 2 aliphatic rings. The van der Waals surface area contributed by atoms with Crippen molar-refractivity contribution in [3.63, 3.8) is 0 Å². The minimum Gasteiger partial charge on any atom is -0.336 e. The molecule has 0 radical (unpaired) electrons. The second-order valence-corrected chi connectivity index (χ2v) is 7.46. The van der Waals surface area contributed by atoms with Gasteiger partial charge in [0.05, 0.1) is 6.54 Å². The van der Waals surface area contributed by atoms with Crippen LogP contribution in [0.15, 0.2) is 17.5 Å². The first kappa shape index (κ1) is 14.1. The fourth-order valence-electron chi connectivity index (χ4n) is 3.58. The van der Waals surface area contributed by atoms with E-state index >= 15 is 0 Å². The molecule has 0 saturated heterocycles. The maximum atomic E-state index is 12.8. The standard InChI is InChI=1S/C16H24N2OS/c1-17(2)8-9-18(11-12-5-4-10-20-12)16(19)15-13-6-3-7-14(13)15/h4-5,10,13-15H,3,6-9,11H2,1-2H3/t13-,14-/m1/s1. The van der Waals surface area contributed by atoms with Gasteiger partial charge in [-0.1, -0.05) is 12.5 Å². The van der Waals surface area contributed by atoms with Crippen molar-refractivity contribution in [2.45, 2.75) is 25.8 Å². The molecule has 2 fully saturated rings. The molecule has 4 heteroatoms. The lowest BCUT2D eigenvalue weighted by Crippen LogP contribution is -2.37. The highest BCUT2D eigenvalue weighted by Gasteiger charge is 2.57. The zero-order valence-corrected chi connectivity index (χ0v) is 13.2. The molecule has 1 amide bonds. The highest BCUT2D eigenvalue weighted by molar-refractivity contribution is 7.09. The Kier molecular flexibility index (Phi) is 4.13. The maximum Gasteiger partial charge on any atom is 0.226 e. The monoisotopic (exact) mass is 292 g/mol. The Balaban J connectivity index is 1.63. The molecule has 3 nitrogen and oxygen atoms in total. The summed E-state index contributed by atoms with van der Waals surface area (Å²) < 4.78 is 0. The van der Waals surface area contributed by atoms with E-state index in [9.17, 15) is 4.79 Å². The van der Waals surface area contributed by atoms with E-state index < -0.39 is 0 Å². The Hall–Kier alpha value is -0.870. The maximum absolute atomic E-state index is 12.8. The van der Waals surface area contributed by atoms with Crippen molar-refractivity contribution in [1.29, 1.82) is 0 Å². The van der Waals surface area contributed by atoms with Crippen molar-refractivity contribution in [2.75, 3.05) is 27.2 Å². The van der Waals surface area contributed by atoms with E-state index in [4.69, 9.17) is 0 Å². The number of nitrogens with zero attached hydrogens (tertiary/aromatic N) is 2. The summed E-state index contributed by atoms with van der Waals surface area (Å²) in [6, 6.07) is 4.20. The van der Waals surface area contributed by atoms with Crippen molar-refractivity contribution in [1.82, 2.24) is 9.80 Å². The van der Waals surface area contributed by atoms with E-state index in [1.807, 2.05) is 0 Å². The summed E-state index contributed by atoms with van der Waals surface area (Å²) in [6.07, 6.45) is 3.89. The van der Waals surface area contributed by atoms with Crippen molar-refractivity contribution >= 4 is 17.2 Å². The number of hydrogen-bond donors (Lipinski definition) is 0.